The first-order valence-corrected chi connectivity index (χ1v) is 8.69. The van der Waals surface area contributed by atoms with Gasteiger partial charge in [-0.2, -0.15) is 0 Å². The van der Waals surface area contributed by atoms with E-state index in [-0.39, 0.29) is 11.8 Å². The minimum absolute atomic E-state index is 0.127. The standard InChI is InChI=1S/C19H27NO3/c1-2-23-19(22)12-8-11-18(21)17-10-5-4-9-16(17)15-20-13-6-3-7-14-20/h4-5,9-10H,2-3,6-8,11-15H2,1H3. The molecule has 23 heavy (non-hydrogen) atoms. The van der Waals surface area contributed by atoms with Crippen LogP contribution in [0.4, 0.5) is 0 Å². The third-order valence-electron chi connectivity index (χ3n) is 4.25. The largest absolute Gasteiger partial charge is 0.466 e. The lowest BCUT2D eigenvalue weighted by atomic mass is 9.99. The van der Waals surface area contributed by atoms with Crippen LogP contribution in [-0.2, 0) is 16.1 Å². The Bertz CT molecular complexity index is 521. The van der Waals surface area contributed by atoms with Crippen LogP contribution in [0.3, 0.4) is 0 Å². The van der Waals surface area contributed by atoms with Gasteiger partial charge in [0.25, 0.3) is 0 Å². The summed E-state index contributed by atoms with van der Waals surface area (Å²) < 4.78 is 4.90. The van der Waals surface area contributed by atoms with Gasteiger partial charge in [0, 0.05) is 24.9 Å². The van der Waals surface area contributed by atoms with Gasteiger partial charge in [0.15, 0.2) is 5.78 Å². The fourth-order valence-corrected chi connectivity index (χ4v) is 3.05. The number of carbonyl (C=O) groups excluding carboxylic acids is 2. The second kappa shape index (κ2) is 9.46. The highest BCUT2D eigenvalue weighted by Crippen LogP contribution is 2.18. The average Bonchev–Trinajstić information content (AvgIpc) is 2.56. The number of esters is 1. The summed E-state index contributed by atoms with van der Waals surface area (Å²) >= 11 is 0. The van der Waals surface area contributed by atoms with E-state index in [0.717, 1.165) is 30.8 Å². The third-order valence-corrected chi connectivity index (χ3v) is 4.25. The van der Waals surface area contributed by atoms with Crippen molar-refractivity contribution >= 4 is 11.8 Å². The molecule has 1 aliphatic heterocycles. The molecule has 126 valence electrons. The van der Waals surface area contributed by atoms with Gasteiger partial charge in [-0.3, -0.25) is 14.5 Å². The molecule has 0 N–H and O–H groups in total. The number of ether oxygens (including phenoxy) is 1. The van der Waals surface area contributed by atoms with E-state index in [4.69, 9.17) is 4.74 Å². The van der Waals surface area contributed by atoms with Crippen LogP contribution in [0.15, 0.2) is 24.3 Å². The van der Waals surface area contributed by atoms with Gasteiger partial charge in [-0.1, -0.05) is 30.7 Å². The molecule has 0 amide bonds. The summed E-state index contributed by atoms with van der Waals surface area (Å²) in [6.45, 7) is 5.27. The summed E-state index contributed by atoms with van der Waals surface area (Å²) in [7, 11) is 0. The summed E-state index contributed by atoms with van der Waals surface area (Å²) in [6.07, 6.45) is 5.07. The summed E-state index contributed by atoms with van der Waals surface area (Å²) in [4.78, 5) is 26.3. The van der Waals surface area contributed by atoms with Gasteiger partial charge in [-0.05, 0) is 44.8 Å². The Morgan fingerprint density at radius 3 is 2.57 bits per heavy atom. The molecule has 1 aromatic rings. The molecule has 0 unspecified atom stereocenters. The lowest BCUT2D eigenvalue weighted by Gasteiger charge is -2.27. The molecule has 0 bridgehead atoms. The number of carbonyl (C=O) groups is 2. The van der Waals surface area contributed by atoms with Crippen LogP contribution >= 0.6 is 0 Å². The molecule has 4 nitrogen and oxygen atoms in total. The van der Waals surface area contributed by atoms with E-state index in [1.807, 2.05) is 24.3 Å². The zero-order chi connectivity index (χ0) is 16.5. The molecule has 0 atom stereocenters. The maximum atomic E-state index is 12.5. The van der Waals surface area contributed by atoms with Gasteiger partial charge in [-0.15, -0.1) is 0 Å². The fourth-order valence-electron chi connectivity index (χ4n) is 3.05. The van der Waals surface area contributed by atoms with Crippen molar-refractivity contribution in [2.45, 2.75) is 52.0 Å². The van der Waals surface area contributed by atoms with Crippen LogP contribution in [0.1, 0.15) is 61.4 Å². The van der Waals surface area contributed by atoms with E-state index in [1.165, 1.54) is 19.3 Å². The summed E-state index contributed by atoms with van der Waals surface area (Å²) in [5.41, 5.74) is 1.91. The highest BCUT2D eigenvalue weighted by atomic mass is 16.5. The number of piperidine rings is 1. The van der Waals surface area contributed by atoms with Gasteiger partial charge in [0.1, 0.15) is 0 Å². The predicted octanol–water partition coefficient (Wildman–Crippen LogP) is 3.59. The number of benzene rings is 1. The summed E-state index contributed by atoms with van der Waals surface area (Å²) in [5.74, 6) is -0.0937. The van der Waals surface area contributed by atoms with E-state index in [0.29, 0.717) is 25.9 Å². The Morgan fingerprint density at radius 1 is 1.09 bits per heavy atom. The monoisotopic (exact) mass is 317 g/mol. The zero-order valence-corrected chi connectivity index (χ0v) is 14.1. The smallest absolute Gasteiger partial charge is 0.305 e. The van der Waals surface area contributed by atoms with E-state index in [9.17, 15) is 9.59 Å². The molecule has 1 aliphatic rings. The first-order valence-electron chi connectivity index (χ1n) is 8.69. The number of hydrogen-bond acceptors (Lipinski definition) is 4. The Labute approximate surface area is 138 Å². The van der Waals surface area contributed by atoms with Crippen molar-refractivity contribution in [2.24, 2.45) is 0 Å². The van der Waals surface area contributed by atoms with E-state index in [1.54, 1.807) is 6.92 Å². The normalized spacial score (nSPS) is 15.3. The number of ketones is 1. The molecular formula is C19H27NO3. The lowest BCUT2D eigenvalue weighted by molar-refractivity contribution is -0.143. The summed E-state index contributed by atoms with van der Waals surface area (Å²) in [5, 5.41) is 0. The molecular weight excluding hydrogens is 290 g/mol. The number of Topliss-reactive ketones (excluding diaryl/α,β-unsaturated/α-hetero) is 1. The molecule has 1 fully saturated rings. The van der Waals surface area contributed by atoms with E-state index >= 15 is 0 Å². The highest BCUT2D eigenvalue weighted by Gasteiger charge is 2.16. The number of likely N-dealkylation sites (tertiary alicyclic amines) is 1. The van der Waals surface area contributed by atoms with Crippen LogP contribution in [-0.4, -0.2) is 36.3 Å². The topological polar surface area (TPSA) is 46.6 Å². The zero-order valence-electron chi connectivity index (χ0n) is 14.1. The maximum Gasteiger partial charge on any atom is 0.305 e. The number of nitrogens with zero attached hydrogens (tertiary/aromatic N) is 1. The van der Waals surface area contributed by atoms with E-state index < -0.39 is 0 Å². The number of hydrogen-bond donors (Lipinski definition) is 0. The van der Waals surface area contributed by atoms with Crippen LogP contribution < -0.4 is 0 Å². The third kappa shape index (κ3) is 5.79. The Balaban J connectivity index is 1.90. The molecule has 0 radical (unpaired) electrons. The molecule has 1 heterocycles. The molecule has 0 aliphatic carbocycles. The quantitative estimate of drug-likeness (QED) is 0.543. The highest BCUT2D eigenvalue weighted by molar-refractivity contribution is 5.97. The van der Waals surface area contributed by atoms with E-state index in [2.05, 4.69) is 4.90 Å². The van der Waals surface area contributed by atoms with Gasteiger partial charge in [0.05, 0.1) is 6.61 Å². The molecule has 2 rings (SSSR count). The lowest BCUT2D eigenvalue weighted by Crippen LogP contribution is -2.29. The molecule has 4 heteroatoms. The van der Waals surface area contributed by atoms with Crippen molar-refractivity contribution in [3.05, 3.63) is 35.4 Å². The van der Waals surface area contributed by atoms with Crippen molar-refractivity contribution in [1.82, 2.24) is 4.90 Å². The van der Waals surface area contributed by atoms with Gasteiger partial charge in [-0.25, -0.2) is 0 Å². The Hall–Kier alpha value is -1.68. The van der Waals surface area contributed by atoms with Crippen molar-refractivity contribution in [1.29, 1.82) is 0 Å². The predicted molar refractivity (Wildman–Crippen MR) is 90.4 cm³/mol. The van der Waals surface area contributed by atoms with Crippen LogP contribution in [0.2, 0.25) is 0 Å². The number of rotatable bonds is 8. The molecule has 0 saturated carbocycles. The summed E-state index contributed by atoms with van der Waals surface area (Å²) in [6, 6.07) is 7.87. The van der Waals surface area contributed by atoms with Gasteiger partial charge < -0.3 is 4.74 Å². The Kier molecular flexibility index (Phi) is 7.27. The van der Waals surface area contributed by atoms with Crippen LogP contribution in [0.5, 0.6) is 0 Å². The van der Waals surface area contributed by atoms with Crippen LogP contribution in [0, 0.1) is 0 Å². The maximum absolute atomic E-state index is 12.5. The second-order valence-corrected chi connectivity index (χ2v) is 6.08. The molecule has 1 saturated heterocycles. The SMILES string of the molecule is CCOC(=O)CCCC(=O)c1ccccc1CN1CCCCC1. The Morgan fingerprint density at radius 2 is 1.83 bits per heavy atom. The molecule has 0 spiro atoms. The van der Waals surface area contributed by atoms with Crippen molar-refractivity contribution in [2.75, 3.05) is 19.7 Å². The second-order valence-electron chi connectivity index (χ2n) is 6.08. The first-order chi connectivity index (χ1) is 11.2. The molecule has 0 aromatic heterocycles. The first kappa shape index (κ1) is 17.7. The van der Waals surface area contributed by atoms with Crippen molar-refractivity contribution < 1.29 is 14.3 Å². The average molecular weight is 317 g/mol. The van der Waals surface area contributed by atoms with Gasteiger partial charge in [0.2, 0.25) is 0 Å². The fraction of sp³-hybridized carbons (Fsp3) is 0.579. The minimum atomic E-state index is -0.220. The van der Waals surface area contributed by atoms with Crippen LogP contribution in [0.25, 0.3) is 0 Å². The van der Waals surface area contributed by atoms with Crippen molar-refractivity contribution in [3.63, 3.8) is 0 Å². The van der Waals surface area contributed by atoms with Crippen molar-refractivity contribution in [3.8, 4) is 0 Å². The molecule has 1 aromatic carbocycles. The van der Waals surface area contributed by atoms with Gasteiger partial charge >= 0.3 is 5.97 Å². The minimum Gasteiger partial charge on any atom is -0.466 e.